The summed E-state index contributed by atoms with van der Waals surface area (Å²) in [5, 5.41) is 3.47. The Morgan fingerprint density at radius 3 is 3.22 bits per heavy atom. The number of carbonyl (C=O) groups excluding carboxylic acids is 1. The number of nitrogens with one attached hydrogen (secondary N) is 2. The van der Waals surface area contributed by atoms with Gasteiger partial charge in [-0.2, -0.15) is 0 Å². The lowest BCUT2D eigenvalue weighted by atomic mass is 9.98. The highest BCUT2D eigenvalue weighted by atomic mass is 16.5. The molecule has 0 aliphatic carbocycles. The lowest BCUT2D eigenvalue weighted by Gasteiger charge is -2.29. The van der Waals surface area contributed by atoms with Gasteiger partial charge in [0.25, 0.3) is 0 Å². The fourth-order valence-electron chi connectivity index (χ4n) is 2.27. The predicted molar refractivity (Wildman–Crippen MR) is 67.4 cm³/mol. The van der Waals surface area contributed by atoms with Gasteiger partial charge in [-0.05, 0) is 18.4 Å². The molecule has 1 aromatic heterocycles. The molecule has 2 N–H and O–H groups in total. The molecule has 1 aromatic rings. The first-order valence-corrected chi connectivity index (χ1v) is 6.28. The summed E-state index contributed by atoms with van der Waals surface area (Å²) in [5.41, 5.74) is 1.48. The Morgan fingerprint density at radius 2 is 2.50 bits per heavy atom. The van der Waals surface area contributed by atoms with Crippen LogP contribution in [0.3, 0.4) is 0 Å². The van der Waals surface area contributed by atoms with Crippen LogP contribution in [-0.2, 0) is 16.0 Å². The van der Waals surface area contributed by atoms with Crippen LogP contribution in [0.25, 0.3) is 0 Å². The molecule has 0 bridgehead atoms. The van der Waals surface area contributed by atoms with Gasteiger partial charge >= 0.3 is 5.97 Å². The van der Waals surface area contributed by atoms with Gasteiger partial charge in [0.15, 0.2) is 0 Å². The summed E-state index contributed by atoms with van der Waals surface area (Å²) < 4.78 is 10.1. The normalized spacial score (nSPS) is 23.9. The minimum absolute atomic E-state index is 0.298. The van der Waals surface area contributed by atoms with Crippen molar-refractivity contribution < 1.29 is 14.3 Å². The van der Waals surface area contributed by atoms with E-state index in [1.807, 2.05) is 0 Å². The molecule has 0 amide bonds. The standard InChI is InChI=1S/C13H20N2O3/c1-9-8-18-6-4-11(9)15-7-12-10(3-5-14-12)13(16)17-2/h3,5,9,11,14-15H,4,6-8H2,1-2H3. The molecule has 0 radical (unpaired) electrons. The van der Waals surface area contributed by atoms with Gasteiger partial charge in [-0.25, -0.2) is 4.79 Å². The van der Waals surface area contributed by atoms with E-state index in [0.29, 0.717) is 24.1 Å². The number of rotatable bonds is 4. The fraction of sp³-hybridized carbons (Fsp3) is 0.615. The average Bonchev–Trinajstić information content (AvgIpc) is 2.85. The first-order chi connectivity index (χ1) is 8.72. The molecular formula is C13H20N2O3. The third-order valence-electron chi connectivity index (χ3n) is 3.42. The van der Waals surface area contributed by atoms with E-state index in [1.54, 1.807) is 12.3 Å². The molecule has 5 heteroatoms. The number of aromatic amines is 1. The molecule has 100 valence electrons. The quantitative estimate of drug-likeness (QED) is 0.793. The number of hydrogen-bond donors (Lipinski definition) is 2. The summed E-state index contributed by atoms with van der Waals surface area (Å²) in [7, 11) is 1.40. The minimum atomic E-state index is -0.298. The van der Waals surface area contributed by atoms with Gasteiger partial charge in [0, 0.05) is 31.1 Å². The first-order valence-electron chi connectivity index (χ1n) is 6.28. The van der Waals surface area contributed by atoms with Gasteiger partial charge in [-0.15, -0.1) is 0 Å². The van der Waals surface area contributed by atoms with Crippen molar-refractivity contribution in [1.29, 1.82) is 0 Å². The molecule has 2 heterocycles. The maximum absolute atomic E-state index is 11.5. The number of H-pyrrole nitrogens is 1. The number of aromatic nitrogens is 1. The minimum Gasteiger partial charge on any atom is -0.465 e. The van der Waals surface area contributed by atoms with E-state index in [2.05, 4.69) is 17.2 Å². The van der Waals surface area contributed by atoms with Gasteiger partial charge in [0.2, 0.25) is 0 Å². The Morgan fingerprint density at radius 1 is 1.67 bits per heavy atom. The van der Waals surface area contributed by atoms with Crippen LogP contribution in [0.4, 0.5) is 0 Å². The number of ether oxygens (including phenoxy) is 2. The van der Waals surface area contributed by atoms with Crippen molar-refractivity contribution in [2.24, 2.45) is 5.92 Å². The molecule has 1 aliphatic rings. The summed E-state index contributed by atoms with van der Waals surface area (Å²) >= 11 is 0. The van der Waals surface area contributed by atoms with Gasteiger partial charge in [-0.3, -0.25) is 0 Å². The van der Waals surface area contributed by atoms with Crippen LogP contribution >= 0.6 is 0 Å². The summed E-state index contributed by atoms with van der Waals surface area (Å²) in [6, 6.07) is 2.18. The van der Waals surface area contributed by atoms with E-state index in [1.165, 1.54) is 7.11 Å². The molecule has 1 saturated heterocycles. The number of esters is 1. The Kier molecular flexibility index (Phi) is 4.38. The molecular weight excluding hydrogens is 232 g/mol. The van der Waals surface area contributed by atoms with Crippen molar-refractivity contribution >= 4 is 5.97 Å². The van der Waals surface area contributed by atoms with Crippen molar-refractivity contribution in [1.82, 2.24) is 10.3 Å². The zero-order valence-electron chi connectivity index (χ0n) is 10.9. The molecule has 18 heavy (non-hydrogen) atoms. The highest BCUT2D eigenvalue weighted by molar-refractivity contribution is 5.90. The topological polar surface area (TPSA) is 63.4 Å². The van der Waals surface area contributed by atoms with Gasteiger partial charge < -0.3 is 19.8 Å². The highest BCUT2D eigenvalue weighted by Crippen LogP contribution is 2.15. The van der Waals surface area contributed by atoms with Crippen molar-refractivity contribution in [3.05, 3.63) is 23.5 Å². The third kappa shape index (κ3) is 2.91. The summed E-state index contributed by atoms with van der Waals surface area (Å²) in [6.07, 6.45) is 2.77. The Labute approximate surface area is 107 Å². The van der Waals surface area contributed by atoms with E-state index >= 15 is 0 Å². The van der Waals surface area contributed by atoms with E-state index in [-0.39, 0.29) is 5.97 Å². The Bertz CT molecular complexity index is 403. The lowest BCUT2D eigenvalue weighted by molar-refractivity contribution is 0.0384. The summed E-state index contributed by atoms with van der Waals surface area (Å²) in [5.74, 6) is 0.198. The second-order valence-corrected chi connectivity index (χ2v) is 4.69. The summed E-state index contributed by atoms with van der Waals surface area (Å²) in [6.45, 7) is 4.42. The lowest BCUT2D eigenvalue weighted by Crippen LogP contribution is -2.41. The van der Waals surface area contributed by atoms with Gasteiger partial charge in [0.05, 0.1) is 19.3 Å². The van der Waals surface area contributed by atoms with Crippen molar-refractivity contribution in [2.75, 3.05) is 20.3 Å². The Balaban J connectivity index is 1.93. The van der Waals surface area contributed by atoms with Crippen molar-refractivity contribution in [3.63, 3.8) is 0 Å². The monoisotopic (exact) mass is 252 g/mol. The second-order valence-electron chi connectivity index (χ2n) is 4.69. The highest BCUT2D eigenvalue weighted by Gasteiger charge is 2.22. The van der Waals surface area contributed by atoms with Crippen molar-refractivity contribution in [2.45, 2.75) is 25.9 Å². The van der Waals surface area contributed by atoms with Crippen LogP contribution in [0.5, 0.6) is 0 Å². The molecule has 5 nitrogen and oxygen atoms in total. The molecule has 0 saturated carbocycles. The van der Waals surface area contributed by atoms with E-state index in [9.17, 15) is 4.79 Å². The maximum atomic E-state index is 11.5. The number of hydrogen-bond acceptors (Lipinski definition) is 4. The SMILES string of the molecule is COC(=O)c1cc[nH]c1CNC1CCOCC1C. The number of methoxy groups -OCH3 is 1. The average molecular weight is 252 g/mol. The smallest absolute Gasteiger partial charge is 0.339 e. The zero-order valence-corrected chi connectivity index (χ0v) is 10.9. The molecule has 0 spiro atoms. The van der Waals surface area contributed by atoms with Crippen molar-refractivity contribution in [3.8, 4) is 0 Å². The Hall–Kier alpha value is -1.33. The third-order valence-corrected chi connectivity index (χ3v) is 3.42. The van der Waals surface area contributed by atoms with E-state index < -0.39 is 0 Å². The second kappa shape index (κ2) is 6.02. The van der Waals surface area contributed by atoms with E-state index in [4.69, 9.17) is 9.47 Å². The largest absolute Gasteiger partial charge is 0.465 e. The molecule has 1 aliphatic heterocycles. The van der Waals surface area contributed by atoms with Crippen LogP contribution in [0.1, 0.15) is 29.4 Å². The molecule has 2 atom stereocenters. The maximum Gasteiger partial charge on any atom is 0.339 e. The molecule has 1 fully saturated rings. The molecule has 2 rings (SSSR count). The first kappa shape index (κ1) is 13.1. The van der Waals surface area contributed by atoms with Crippen LogP contribution in [-0.4, -0.2) is 37.3 Å². The molecule has 2 unspecified atom stereocenters. The zero-order chi connectivity index (χ0) is 13.0. The van der Waals surface area contributed by atoms with E-state index in [0.717, 1.165) is 25.3 Å². The van der Waals surface area contributed by atoms with Crippen LogP contribution in [0.2, 0.25) is 0 Å². The van der Waals surface area contributed by atoms with Crippen LogP contribution < -0.4 is 5.32 Å². The van der Waals surface area contributed by atoms with Crippen LogP contribution in [0.15, 0.2) is 12.3 Å². The van der Waals surface area contributed by atoms with Gasteiger partial charge in [-0.1, -0.05) is 6.92 Å². The van der Waals surface area contributed by atoms with Crippen LogP contribution in [0, 0.1) is 5.92 Å². The predicted octanol–water partition coefficient (Wildman–Crippen LogP) is 1.32. The summed E-state index contributed by atoms with van der Waals surface area (Å²) in [4.78, 5) is 14.6. The molecule has 0 aromatic carbocycles. The number of carbonyl (C=O) groups is 1. The van der Waals surface area contributed by atoms with Gasteiger partial charge in [0.1, 0.15) is 0 Å². The fourth-order valence-corrected chi connectivity index (χ4v) is 2.27.